The van der Waals surface area contributed by atoms with Crippen LogP contribution in [-0.2, 0) is 0 Å². The Kier molecular flexibility index (Phi) is 3.34. The highest BCUT2D eigenvalue weighted by atomic mass is 19.1. The Labute approximate surface area is 133 Å². The maximum absolute atomic E-state index is 13.9. The van der Waals surface area contributed by atoms with Crippen molar-refractivity contribution in [2.75, 3.05) is 19.7 Å². The summed E-state index contributed by atoms with van der Waals surface area (Å²) in [5, 5.41) is 10.5. The monoisotopic (exact) mass is 314 g/mol. The van der Waals surface area contributed by atoms with Gasteiger partial charge in [0.05, 0.1) is 6.61 Å². The Hall–Kier alpha value is -2.01. The molecule has 4 rings (SSSR count). The number of benzene rings is 1. The summed E-state index contributed by atoms with van der Waals surface area (Å²) in [4.78, 5) is 18.8. The molecule has 4 nitrogen and oxygen atoms in total. The number of rotatable bonds is 2. The molecule has 0 radical (unpaired) electrons. The molecule has 0 bridgehead atoms. The molecule has 120 valence electrons. The van der Waals surface area contributed by atoms with Crippen molar-refractivity contribution in [3.05, 3.63) is 41.8 Å². The summed E-state index contributed by atoms with van der Waals surface area (Å²) in [6.07, 6.45) is 3.15. The van der Waals surface area contributed by atoms with Crippen molar-refractivity contribution in [2.24, 2.45) is 11.3 Å². The van der Waals surface area contributed by atoms with Gasteiger partial charge in [0.1, 0.15) is 17.0 Å². The maximum Gasteiger partial charge on any atom is 0.272 e. The van der Waals surface area contributed by atoms with E-state index in [0.717, 1.165) is 19.3 Å². The first-order valence-electron chi connectivity index (χ1n) is 8.08. The fourth-order valence-corrected chi connectivity index (χ4v) is 4.22. The van der Waals surface area contributed by atoms with Crippen LogP contribution < -0.4 is 0 Å². The zero-order valence-corrected chi connectivity index (χ0v) is 12.8. The van der Waals surface area contributed by atoms with Crippen molar-refractivity contribution in [1.29, 1.82) is 0 Å². The van der Waals surface area contributed by atoms with Crippen molar-refractivity contribution in [3.63, 3.8) is 0 Å². The van der Waals surface area contributed by atoms with Crippen LogP contribution in [0.3, 0.4) is 0 Å². The number of nitrogens with zero attached hydrogens (tertiary/aromatic N) is 2. The Morgan fingerprint density at radius 3 is 3.04 bits per heavy atom. The third-order valence-corrected chi connectivity index (χ3v) is 5.53. The fourth-order valence-electron chi connectivity index (χ4n) is 4.22. The SMILES string of the molecule is O=C(c1ccc2cccc(F)c2n1)N1CC2CCC[C@@]2(CO)C1. The maximum atomic E-state index is 13.9. The van der Waals surface area contributed by atoms with Crippen LogP contribution in [0, 0.1) is 17.2 Å². The van der Waals surface area contributed by atoms with E-state index in [1.807, 2.05) is 0 Å². The summed E-state index contributed by atoms with van der Waals surface area (Å²) >= 11 is 0. The Morgan fingerprint density at radius 1 is 1.39 bits per heavy atom. The molecule has 1 aromatic heterocycles. The standard InChI is InChI=1S/C18H19FN2O2/c19-14-5-1-3-12-6-7-15(20-16(12)14)17(23)21-9-13-4-2-8-18(13,10-21)11-22/h1,3,5-7,13,22H,2,4,8-11H2/t13?,18-/m0/s1. The number of likely N-dealkylation sites (tertiary alicyclic amines) is 1. The van der Waals surface area contributed by atoms with E-state index in [1.54, 1.807) is 29.2 Å². The first-order valence-corrected chi connectivity index (χ1v) is 8.08. The lowest BCUT2D eigenvalue weighted by Gasteiger charge is -2.25. The van der Waals surface area contributed by atoms with E-state index in [0.29, 0.717) is 24.4 Å². The van der Waals surface area contributed by atoms with Gasteiger partial charge >= 0.3 is 0 Å². The lowest BCUT2D eigenvalue weighted by molar-refractivity contribution is 0.0729. The number of fused-ring (bicyclic) bond motifs is 2. The number of carbonyl (C=O) groups excluding carboxylic acids is 1. The quantitative estimate of drug-likeness (QED) is 0.927. The molecular formula is C18H19FN2O2. The molecule has 1 amide bonds. The van der Waals surface area contributed by atoms with E-state index in [2.05, 4.69) is 4.98 Å². The van der Waals surface area contributed by atoms with Crippen molar-refractivity contribution < 1.29 is 14.3 Å². The highest BCUT2D eigenvalue weighted by molar-refractivity contribution is 5.95. The number of hydrogen-bond donors (Lipinski definition) is 1. The van der Waals surface area contributed by atoms with Gasteiger partial charge in [-0.2, -0.15) is 0 Å². The molecule has 2 aromatic rings. The van der Waals surface area contributed by atoms with Gasteiger partial charge in [-0.1, -0.05) is 24.6 Å². The van der Waals surface area contributed by atoms with Crippen LogP contribution in [-0.4, -0.2) is 40.6 Å². The van der Waals surface area contributed by atoms with Gasteiger partial charge in [-0.05, 0) is 30.9 Å². The molecule has 1 saturated heterocycles. The van der Waals surface area contributed by atoms with Crippen LogP contribution in [0.2, 0.25) is 0 Å². The van der Waals surface area contributed by atoms with E-state index < -0.39 is 5.82 Å². The Balaban J connectivity index is 1.64. The summed E-state index contributed by atoms with van der Waals surface area (Å²) in [7, 11) is 0. The molecule has 1 aromatic carbocycles. The zero-order chi connectivity index (χ0) is 16.0. The second-order valence-electron chi connectivity index (χ2n) is 6.80. The number of amides is 1. The molecule has 1 saturated carbocycles. The van der Waals surface area contributed by atoms with Gasteiger partial charge in [0.25, 0.3) is 5.91 Å². The summed E-state index contributed by atoms with van der Waals surface area (Å²) in [6.45, 7) is 1.36. The molecule has 0 spiro atoms. The number of carbonyl (C=O) groups is 1. The first-order chi connectivity index (χ1) is 11.1. The van der Waals surface area contributed by atoms with Crippen LogP contribution >= 0.6 is 0 Å². The van der Waals surface area contributed by atoms with Crippen molar-refractivity contribution >= 4 is 16.8 Å². The number of halogens is 1. The summed E-state index contributed by atoms with van der Waals surface area (Å²) in [6, 6.07) is 8.15. The second kappa shape index (κ2) is 5.27. The third kappa shape index (κ3) is 2.22. The smallest absolute Gasteiger partial charge is 0.272 e. The van der Waals surface area contributed by atoms with Gasteiger partial charge in [-0.15, -0.1) is 0 Å². The predicted octanol–water partition coefficient (Wildman–Crippen LogP) is 2.61. The number of aliphatic hydroxyl groups excluding tert-OH is 1. The van der Waals surface area contributed by atoms with E-state index in [-0.39, 0.29) is 29.1 Å². The fraction of sp³-hybridized carbons (Fsp3) is 0.444. The van der Waals surface area contributed by atoms with Crippen LogP contribution in [0.4, 0.5) is 4.39 Å². The van der Waals surface area contributed by atoms with Gasteiger partial charge in [-0.3, -0.25) is 4.79 Å². The number of pyridine rings is 1. The molecule has 2 fully saturated rings. The number of hydrogen-bond acceptors (Lipinski definition) is 3. The summed E-state index contributed by atoms with van der Waals surface area (Å²) in [5.41, 5.74) is 0.364. The molecule has 2 aliphatic rings. The number of para-hydroxylation sites is 1. The van der Waals surface area contributed by atoms with Gasteiger partial charge in [0.15, 0.2) is 0 Å². The number of aliphatic hydroxyl groups is 1. The normalized spacial score (nSPS) is 26.7. The van der Waals surface area contributed by atoms with Gasteiger partial charge < -0.3 is 10.0 Å². The van der Waals surface area contributed by atoms with E-state index in [4.69, 9.17) is 0 Å². The molecule has 5 heteroatoms. The van der Waals surface area contributed by atoms with Crippen molar-refractivity contribution in [3.8, 4) is 0 Å². The van der Waals surface area contributed by atoms with Gasteiger partial charge in [0, 0.05) is 23.9 Å². The minimum Gasteiger partial charge on any atom is -0.396 e. The zero-order valence-electron chi connectivity index (χ0n) is 12.8. The van der Waals surface area contributed by atoms with E-state index in [1.165, 1.54) is 6.07 Å². The second-order valence-corrected chi connectivity index (χ2v) is 6.80. The van der Waals surface area contributed by atoms with E-state index >= 15 is 0 Å². The molecule has 2 atom stereocenters. The molecule has 23 heavy (non-hydrogen) atoms. The molecule has 1 aliphatic heterocycles. The molecule has 1 unspecified atom stereocenters. The number of aromatic nitrogens is 1. The largest absolute Gasteiger partial charge is 0.396 e. The van der Waals surface area contributed by atoms with Crippen molar-refractivity contribution in [1.82, 2.24) is 9.88 Å². The molecule has 2 heterocycles. The molecular weight excluding hydrogens is 295 g/mol. The van der Waals surface area contributed by atoms with Gasteiger partial charge in [-0.25, -0.2) is 9.37 Å². The lowest BCUT2D eigenvalue weighted by atomic mass is 9.82. The Bertz CT molecular complexity index is 779. The minimum atomic E-state index is -0.415. The molecule has 1 N–H and O–H groups in total. The van der Waals surface area contributed by atoms with Crippen LogP contribution in [0.5, 0.6) is 0 Å². The summed E-state index contributed by atoms with van der Waals surface area (Å²) in [5.74, 6) is -0.215. The lowest BCUT2D eigenvalue weighted by Crippen LogP contribution is -2.34. The van der Waals surface area contributed by atoms with Crippen LogP contribution in [0.1, 0.15) is 29.8 Å². The third-order valence-electron chi connectivity index (χ3n) is 5.53. The topological polar surface area (TPSA) is 53.4 Å². The Morgan fingerprint density at radius 2 is 2.26 bits per heavy atom. The highest BCUT2D eigenvalue weighted by Crippen LogP contribution is 2.48. The van der Waals surface area contributed by atoms with E-state index in [9.17, 15) is 14.3 Å². The highest BCUT2D eigenvalue weighted by Gasteiger charge is 2.50. The average Bonchev–Trinajstić information content (AvgIpc) is 3.11. The van der Waals surface area contributed by atoms with Crippen LogP contribution in [0.25, 0.3) is 10.9 Å². The first kappa shape index (κ1) is 14.6. The van der Waals surface area contributed by atoms with Gasteiger partial charge in [0.2, 0.25) is 0 Å². The average molecular weight is 314 g/mol. The van der Waals surface area contributed by atoms with Crippen molar-refractivity contribution in [2.45, 2.75) is 19.3 Å². The predicted molar refractivity (Wildman–Crippen MR) is 84.5 cm³/mol. The molecule has 1 aliphatic carbocycles. The van der Waals surface area contributed by atoms with Crippen LogP contribution in [0.15, 0.2) is 30.3 Å². The summed E-state index contributed by atoms with van der Waals surface area (Å²) < 4.78 is 13.9. The minimum absolute atomic E-state index is 0.126.